The predicted octanol–water partition coefficient (Wildman–Crippen LogP) is 4.12. The predicted molar refractivity (Wildman–Crippen MR) is 84.4 cm³/mol. The zero-order valence-electron chi connectivity index (χ0n) is 11.8. The number of benzene rings is 1. The molecule has 0 radical (unpaired) electrons. The van der Waals surface area contributed by atoms with E-state index in [0.29, 0.717) is 16.5 Å². The van der Waals surface area contributed by atoms with Gasteiger partial charge in [0.15, 0.2) is 11.5 Å². The maximum absolute atomic E-state index is 6.41. The second-order valence-electron chi connectivity index (χ2n) is 4.23. The summed E-state index contributed by atoms with van der Waals surface area (Å²) in [5.74, 6) is 1.33. The number of methoxy groups -OCH3 is 2. The number of hydrogen-bond acceptors (Lipinski definition) is 4. The van der Waals surface area contributed by atoms with Crippen LogP contribution in [-0.2, 0) is 0 Å². The second kappa shape index (κ2) is 6.97. The summed E-state index contributed by atoms with van der Waals surface area (Å²) >= 11 is 8.12. The molecule has 0 fully saturated rings. The Bertz CT molecular complexity index is 557. The molecule has 0 saturated carbocycles. The van der Waals surface area contributed by atoms with E-state index in [0.717, 1.165) is 12.1 Å². The minimum Gasteiger partial charge on any atom is -0.493 e. The average Bonchev–Trinajstić information content (AvgIpc) is 2.98. The van der Waals surface area contributed by atoms with Gasteiger partial charge in [-0.05, 0) is 29.6 Å². The molecule has 1 aromatic carbocycles. The molecule has 2 aromatic rings. The average molecular weight is 312 g/mol. The van der Waals surface area contributed by atoms with Crippen molar-refractivity contribution in [2.45, 2.75) is 13.0 Å². The highest BCUT2D eigenvalue weighted by Gasteiger charge is 2.20. The summed E-state index contributed by atoms with van der Waals surface area (Å²) < 4.78 is 10.6. The molecule has 20 heavy (non-hydrogen) atoms. The lowest BCUT2D eigenvalue weighted by Crippen LogP contribution is -2.21. The Morgan fingerprint density at radius 3 is 2.50 bits per heavy atom. The zero-order valence-corrected chi connectivity index (χ0v) is 13.3. The maximum atomic E-state index is 6.41. The zero-order chi connectivity index (χ0) is 14.5. The Hall–Kier alpha value is -1.23. The Labute approximate surface area is 128 Å². The molecule has 0 bridgehead atoms. The lowest BCUT2D eigenvalue weighted by atomic mass is 10.0. The minimum absolute atomic E-state index is 0.0623. The van der Waals surface area contributed by atoms with Gasteiger partial charge < -0.3 is 14.8 Å². The number of nitrogens with one attached hydrogen (secondary N) is 1. The summed E-state index contributed by atoms with van der Waals surface area (Å²) in [6, 6.07) is 7.94. The lowest BCUT2D eigenvalue weighted by molar-refractivity contribution is 0.354. The van der Waals surface area contributed by atoms with Gasteiger partial charge >= 0.3 is 0 Å². The fraction of sp³-hybridized carbons (Fsp3) is 0.333. The molecular formula is C15H18ClNO2S. The third-order valence-electron chi connectivity index (χ3n) is 3.05. The Morgan fingerprint density at radius 2 is 1.95 bits per heavy atom. The van der Waals surface area contributed by atoms with Gasteiger partial charge in [-0.1, -0.05) is 24.6 Å². The van der Waals surface area contributed by atoms with Crippen LogP contribution in [0.15, 0.2) is 29.6 Å². The molecule has 0 aliphatic carbocycles. The van der Waals surface area contributed by atoms with E-state index in [2.05, 4.69) is 23.7 Å². The maximum Gasteiger partial charge on any atom is 0.162 e. The van der Waals surface area contributed by atoms with E-state index >= 15 is 0 Å². The van der Waals surface area contributed by atoms with Crippen LogP contribution in [0.25, 0.3) is 0 Å². The van der Waals surface area contributed by atoms with Crippen LogP contribution >= 0.6 is 22.9 Å². The number of ether oxygens (including phenoxy) is 2. The highest BCUT2D eigenvalue weighted by atomic mass is 35.5. The van der Waals surface area contributed by atoms with Gasteiger partial charge in [-0.2, -0.15) is 0 Å². The number of hydrogen-bond donors (Lipinski definition) is 1. The van der Waals surface area contributed by atoms with Crippen molar-refractivity contribution >= 4 is 22.9 Å². The topological polar surface area (TPSA) is 30.5 Å². The van der Waals surface area contributed by atoms with Crippen molar-refractivity contribution in [1.82, 2.24) is 5.32 Å². The highest BCUT2D eigenvalue weighted by Crippen LogP contribution is 2.38. The first-order valence-electron chi connectivity index (χ1n) is 6.39. The first-order valence-corrected chi connectivity index (χ1v) is 7.65. The highest BCUT2D eigenvalue weighted by molar-refractivity contribution is 7.10. The molecule has 0 aliphatic rings. The molecule has 0 amide bonds. The Balaban J connectivity index is 2.48. The van der Waals surface area contributed by atoms with Gasteiger partial charge in [0.2, 0.25) is 0 Å². The van der Waals surface area contributed by atoms with Crippen molar-refractivity contribution in [2.24, 2.45) is 0 Å². The van der Waals surface area contributed by atoms with Crippen molar-refractivity contribution in [3.63, 3.8) is 0 Å². The van der Waals surface area contributed by atoms with E-state index in [4.69, 9.17) is 21.1 Å². The molecular weight excluding hydrogens is 294 g/mol. The standard InChI is InChI=1S/C15H18ClNO2S/c1-4-17-15(14-6-5-7-20-14)10-8-12(18-2)13(19-3)9-11(10)16/h5-9,15,17H,4H2,1-3H3. The monoisotopic (exact) mass is 311 g/mol. The molecule has 1 heterocycles. The van der Waals surface area contributed by atoms with E-state index in [9.17, 15) is 0 Å². The van der Waals surface area contributed by atoms with Crippen molar-refractivity contribution in [3.8, 4) is 11.5 Å². The molecule has 1 N–H and O–H groups in total. The van der Waals surface area contributed by atoms with E-state index in [1.807, 2.05) is 12.1 Å². The summed E-state index contributed by atoms with van der Waals surface area (Å²) in [6.45, 7) is 2.93. The van der Waals surface area contributed by atoms with E-state index in [1.165, 1.54) is 4.88 Å². The van der Waals surface area contributed by atoms with Crippen molar-refractivity contribution in [2.75, 3.05) is 20.8 Å². The Morgan fingerprint density at radius 1 is 1.25 bits per heavy atom. The molecule has 1 aromatic heterocycles. The van der Waals surface area contributed by atoms with Gasteiger partial charge in [0.1, 0.15) is 0 Å². The minimum atomic E-state index is 0.0623. The fourth-order valence-electron chi connectivity index (χ4n) is 2.11. The van der Waals surface area contributed by atoms with E-state index in [-0.39, 0.29) is 6.04 Å². The smallest absolute Gasteiger partial charge is 0.162 e. The van der Waals surface area contributed by atoms with Crippen molar-refractivity contribution in [1.29, 1.82) is 0 Å². The van der Waals surface area contributed by atoms with Crippen LogP contribution in [0.1, 0.15) is 23.4 Å². The molecule has 1 unspecified atom stereocenters. The second-order valence-corrected chi connectivity index (χ2v) is 5.62. The van der Waals surface area contributed by atoms with Crippen LogP contribution in [0.5, 0.6) is 11.5 Å². The number of halogens is 1. The van der Waals surface area contributed by atoms with Gasteiger partial charge in [-0.15, -0.1) is 11.3 Å². The van der Waals surface area contributed by atoms with Crippen molar-refractivity contribution in [3.05, 3.63) is 45.1 Å². The molecule has 0 aliphatic heterocycles. The number of thiophene rings is 1. The van der Waals surface area contributed by atoms with Crippen LogP contribution in [0.3, 0.4) is 0 Å². The van der Waals surface area contributed by atoms with Gasteiger partial charge in [-0.25, -0.2) is 0 Å². The van der Waals surface area contributed by atoms with Crippen molar-refractivity contribution < 1.29 is 9.47 Å². The fourth-order valence-corrected chi connectivity index (χ4v) is 3.20. The van der Waals surface area contributed by atoms with Gasteiger partial charge in [0.05, 0.1) is 20.3 Å². The quantitative estimate of drug-likeness (QED) is 0.870. The third kappa shape index (κ3) is 3.08. The Kier molecular flexibility index (Phi) is 5.29. The van der Waals surface area contributed by atoms with E-state index in [1.54, 1.807) is 31.6 Å². The summed E-state index contributed by atoms with van der Waals surface area (Å²) in [6.07, 6.45) is 0. The molecule has 108 valence electrons. The first-order chi connectivity index (χ1) is 9.71. The normalized spacial score (nSPS) is 12.2. The third-order valence-corrected chi connectivity index (χ3v) is 4.31. The van der Waals surface area contributed by atoms with Crippen LogP contribution in [0.2, 0.25) is 5.02 Å². The summed E-state index contributed by atoms with van der Waals surface area (Å²) in [5, 5.41) is 6.19. The summed E-state index contributed by atoms with van der Waals surface area (Å²) in [5.41, 5.74) is 0.994. The molecule has 5 heteroatoms. The van der Waals surface area contributed by atoms with Gasteiger partial charge in [0, 0.05) is 16.0 Å². The molecule has 0 saturated heterocycles. The van der Waals surface area contributed by atoms with Gasteiger partial charge in [0.25, 0.3) is 0 Å². The first kappa shape index (κ1) is 15.2. The van der Waals surface area contributed by atoms with E-state index < -0.39 is 0 Å². The summed E-state index contributed by atoms with van der Waals surface area (Å²) in [4.78, 5) is 1.22. The SMILES string of the molecule is CCNC(c1cccs1)c1cc(OC)c(OC)cc1Cl. The molecule has 2 rings (SSSR count). The van der Waals surface area contributed by atoms with Crippen LogP contribution in [0.4, 0.5) is 0 Å². The van der Waals surface area contributed by atoms with Crippen LogP contribution in [-0.4, -0.2) is 20.8 Å². The van der Waals surface area contributed by atoms with Crippen LogP contribution in [0, 0.1) is 0 Å². The molecule has 0 spiro atoms. The lowest BCUT2D eigenvalue weighted by Gasteiger charge is -2.20. The largest absolute Gasteiger partial charge is 0.493 e. The van der Waals surface area contributed by atoms with Crippen LogP contribution < -0.4 is 14.8 Å². The molecule has 3 nitrogen and oxygen atoms in total. The molecule has 1 atom stereocenters. The number of rotatable bonds is 6. The van der Waals surface area contributed by atoms with Gasteiger partial charge in [-0.3, -0.25) is 0 Å². The summed E-state index contributed by atoms with van der Waals surface area (Å²) in [7, 11) is 3.23.